The molecule has 4 rings (SSSR count). The Kier molecular flexibility index (Phi) is 7.12. The highest BCUT2D eigenvalue weighted by molar-refractivity contribution is 6.04. The van der Waals surface area contributed by atoms with E-state index in [1.165, 1.54) is 0 Å². The molecule has 1 unspecified atom stereocenters. The van der Waals surface area contributed by atoms with E-state index in [0.717, 1.165) is 19.5 Å². The third-order valence-electron chi connectivity index (χ3n) is 5.42. The summed E-state index contributed by atoms with van der Waals surface area (Å²) in [6, 6.07) is 13.4. The molecule has 2 N–H and O–H groups in total. The van der Waals surface area contributed by atoms with Gasteiger partial charge in [0.05, 0.1) is 6.61 Å². The standard InChI is InChI=1S/C25H28N4O5/c1-3-29-12-9-23(27-29)26-24(31)19-13-21(33-17(2)16-30)15-22(14-19)34-20-7-5-18(6-8-20)25(32)28-10-4-11-28/h5-9,12-15,17,30H,3-4,10-11,16H2,1-2H3,(H,26,27,31). The number of hydrogen-bond acceptors (Lipinski definition) is 6. The van der Waals surface area contributed by atoms with Crippen molar-refractivity contribution in [3.8, 4) is 17.2 Å². The number of aliphatic hydroxyl groups is 1. The Balaban J connectivity index is 1.53. The Bertz CT molecular complexity index is 1150. The number of likely N-dealkylation sites (tertiary alicyclic amines) is 1. The fourth-order valence-electron chi connectivity index (χ4n) is 3.40. The fourth-order valence-corrected chi connectivity index (χ4v) is 3.40. The molecule has 1 fully saturated rings. The molecule has 9 nitrogen and oxygen atoms in total. The normalized spacial score (nSPS) is 13.7. The first-order valence-corrected chi connectivity index (χ1v) is 11.3. The average molecular weight is 465 g/mol. The zero-order chi connectivity index (χ0) is 24.1. The highest BCUT2D eigenvalue weighted by Crippen LogP contribution is 2.29. The van der Waals surface area contributed by atoms with Gasteiger partial charge in [0.25, 0.3) is 11.8 Å². The minimum atomic E-state index is -0.460. The van der Waals surface area contributed by atoms with Crippen molar-refractivity contribution in [2.24, 2.45) is 0 Å². The van der Waals surface area contributed by atoms with Gasteiger partial charge in [0.2, 0.25) is 0 Å². The van der Waals surface area contributed by atoms with Gasteiger partial charge < -0.3 is 24.8 Å². The predicted octanol–water partition coefficient (Wildman–Crippen LogP) is 3.55. The van der Waals surface area contributed by atoms with Gasteiger partial charge in [-0.25, -0.2) is 0 Å². The summed E-state index contributed by atoms with van der Waals surface area (Å²) in [6.45, 7) is 5.78. The molecule has 1 saturated heterocycles. The largest absolute Gasteiger partial charge is 0.488 e. The van der Waals surface area contributed by atoms with Crippen molar-refractivity contribution >= 4 is 17.6 Å². The molecular formula is C25H28N4O5. The lowest BCUT2D eigenvalue weighted by molar-refractivity contribution is 0.0651. The highest BCUT2D eigenvalue weighted by Gasteiger charge is 2.21. The molecule has 178 valence electrons. The van der Waals surface area contributed by atoms with Crippen LogP contribution in [0, 0.1) is 0 Å². The molecule has 1 aliphatic rings. The van der Waals surface area contributed by atoms with E-state index in [0.29, 0.717) is 40.7 Å². The topological polar surface area (TPSA) is 106 Å². The van der Waals surface area contributed by atoms with E-state index in [4.69, 9.17) is 9.47 Å². The number of aryl methyl sites for hydroxylation is 1. The molecular weight excluding hydrogens is 436 g/mol. The molecule has 2 amide bonds. The van der Waals surface area contributed by atoms with Crippen LogP contribution in [0.4, 0.5) is 5.82 Å². The van der Waals surface area contributed by atoms with E-state index >= 15 is 0 Å². The Labute approximate surface area is 197 Å². The van der Waals surface area contributed by atoms with E-state index in [1.54, 1.807) is 71.2 Å². The lowest BCUT2D eigenvalue weighted by Gasteiger charge is -2.30. The Morgan fingerprint density at radius 1 is 1.06 bits per heavy atom. The third-order valence-corrected chi connectivity index (χ3v) is 5.42. The second-order valence-corrected chi connectivity index (χ2v) is 8.09. The van der Waals surface area contributed by atoms with Crippen molar-refractivity contribution in [1.29, 1.82) is 0 Å². The van der Waals surface area contributed by atoms with Crippen molar-refractivity contribution in [3.63, 3.8) is 0 Å². The van der Waals surface area contributed by atoms with Crippen molar-refractivity contribution < 1.29 is 24.2 Å². The average Bonchev–Trinajstić information content (AvgIpc) is 3.25. The van der Waals surface area contributed by atoms with Crippen LogP contribution in [0.3, 0.4) is 0 Å². The van der Waals surface area contributed by atoms with Crippen LogP contribution in [0.1, 0.15) is 41.0 Å². The maximum atomic E-state index is 12.9. The molecule has 0 radical (unpaired) electrons. The van der Waals surface area contributed by atoms with Crippen LogP contribution in [0.15, 0.2) is 54.7 Å². The second kappa shape index (κ2) is 10.4. The summed E-state index contributed by atoms with van der Waals surface area (Å²) in [6.07, 6.45) is 2.36. The van der Waals surface area contributed by atoms with Gasteiger partial charge in [-0.3, -0.25) is 14.3 Å². The summed E-state index contributed by atoms with van der Waals surface area (Å²) in [5, 5.41) is 16.4. The van der Waals surface area contributed by atoms with E-state index < -0.39 is 6.10 Å². The first-order chi connectivity index (χ1) is 16.4. The van der Waals surface area contributed by atoms with Gasteiger partial charge in [-0.15, -0.1) is 0 Å². The van der Waals surface area contributed by atoms with Crippen LogP contribution < -0.4 is 14.8 Å². The molecule has 1 aliphatic heterocycles. The molecule has 2 aromatic carbocycles. The summed E-state index contributed by atoms with van der Waals surface area (Å²) in [4.78, 5) is 27.0. The first kappa shape index (κ1) is 23.3. The minimum absolute atomic E-state index is 0.00987. The van der Waals surface area contributed by atoms with Gasteiger partial charge >= 0.3 is 0 Å². The summed E-state index contributed by atoms with van der Waals surface area (Å²) in [5.74, 6) is 1.36. The van der Waals surface area contributed by atoms with Crippen LogP contribution in [0.5, 0.6) is 17.2 Å². The van der Waals surface area contributed by atoms with Crippen molar-refractivity contribution in [2.45, 2.75) is 32.9 Å². The van der Waals surface area contributed by atoms with Crippen LogP contribution in [-0.2, 0) is 6.54 Å². The van der Waals surface area contributed by atoms with Crippen molar-refractivity contribution in [2.75, 3.05) is 25.0 Å². The Morgan fingerprint density at radius 2 is 1.79 bits per heavy atom. The molecule has 0 spiro atoms. The summed E-state index contributed by atoms with van der Waals surface area (Å²) in [7, 11) is 0. The maximum Gasteiger partial charge on any atom is 0.257 e. The van der Waals surface area contributed by atoms with Crippen LogP contribution in [-0.4, -0.2) is 57.4 Å². The Morgan fingerprint density at radius 3 is 2.41 bits per heavy atom. The van der Waals surface area contributed by atoms with E-state index in [2.05, 4.69) is 10.4 Å². The third kappa shape index (κ3) is 5.55. The number of rotatable bonds is 9. The second-order valence-electron chi connectivity index (χ2n) is 8.09. The van der Waals surface area contributed by atoms with Gasteiger partial charge in [0.1, 0.15) is 23.4 Å². The molecule has 0 bridgehead atoms. The fraction of sp³-hybridized carbons (Fsp3) is 0.320. The van der Waals surface area contributed by atoms with Gasteiger partial charge in [0, 0.05) is 49.1 Å². The molecule has 9 heteroatoms. The number of amides is 2. The number of aliphatic hydroxyl groups excluding tert-OH is 1. The van der Waals surface area contributed by atoms with E-state index in [1.807, 2.05) is 6.92 Å². The van der Waals surface area contributed by atoms with Gasteiger partial charge in [-0.05, 0) is 56.7 Å². The Hall–Kier alpha value is -3.85. The van der Waals surface area contributed by atoms with E-state index in [9.17, 15) is 14.7 Å². The number of anilines is 1. The number of carbonyl (C=O) groups is 2. The summed E-state index contributed by atoms with van der Waals surface area (Å²) < 4.78 is 13.4. The van der Waals surface area contributed by atoms with Gasteiger partial charge in [-0.2, -0.15) is 5.10 Å². The molecule has 1 atom stereocenters. The van der Waals surface area contributed by atoms with Crippen molar-refractivity contribution in [3.05, 3.63) is 65.9 Å². The highest BCUT2D eigenvalue weighted by atomic mass is 16.5. The van der Waals surface area contributed by atoms with Gasteiger partial charge in [-0.1, -0.05) is 0 Å². The summed E-state index contributed by atoms with van der Waals surface area (Å²) >= 11 is 0. The molecule has 0 aliphatic carbocycles. The molecule has 1 aromatic heterocycles. The van der Waals surface area contributed by atoms with Crippen LogP contribution in [0.25, 0.3) is 0 Å². The van der Waals surface area contributed by atoms with Gasteiger partial charge in [0.15, 0.2) is 5.82 Å². The molecule has 3 aromatic rings. The van der Waals surface area contributed by atoms with Crippen molar-refractivity contribution in [1.82, 2.24) is 14.7 Å². The predicted molar refractivity (Wildman–Crippen MR) is 127 cm³/mol. The smallest absolute Gasteiger partial charge is 0.257 e. The zero-order valence-electron chi connectivity index (χ0n) is 19.2. The maximum absolute atomic E-state index is 12.9. The number of carbonyl (C=O) groups excluding carboxylic acids is 2. The number of benzene rings is 2. The van der Waals surface area contributed by atoms with Crippen LogP contribution >= 0.6 is 0 Å². The minimum Gasteiger partial charge on any atom is -0.488 e. The number of nitrogens with one attached hydrogen (secondary N) is 1. The summed E-state index contributed by atoms with van der Waals surface area (Å²) in [5.41, 5.74) is 0.917. The molecule has 34 heavy (non-hydrogen) atoms. The lowest BCUT2D eigenvalue weighted by Crippen LogP contribution is -2.41. The van der Waals surface area contributed by atoms with Crippen LogP contribution in [0.2, 0.25) is 0 Å². The molecule has 2 heterocycles. The number of hydrogen-bond donors (Lipinski definition) is 2. The van der Waals surface area contributed by atoms with E-state index in [-0.39, 0.29) is 18.4 Å². The SMILES string of the molecule is CCn1ccc(NC(=O)c2cc(Oc3ccc(C(=O)N4CCC4)cc3)cc(OC(C)CO)c2)n1. The zero-order valence-corrected chi connectivity index (χ0v) is 19.2. The first-order valence-electron chi connectivity index (χ1n) is 11.3. The number of ether oxygens (including phenoxy) is 2. The molecule has 0 saturated carbocycles. The number of nitrogens with zero attached hydrogens (tertiary/aromatic N) is 3. The lowest BCUT2D eigenvalue weighted by atomic mass is 10.1. The quantitative estimate of drug-likeness (QED) is 0.502. The monoisotopic (exact) mass is 464 g/mol. The number of aromatic nitrogens is 2.